The van der Waals surface area contributed by atoms with Crippen molar-refractivity contribution in [2.75, 3.05) is 6.54 Å². The Bertz CT molecular complexity index is 2140. The molecule has 0 radical (unpaired) electrons. The fourth-order valence-corrected chi connectivity index (χ4v) is 7.38. The van der Waals surface area contributed by atoms with Gasteiger partial charge in [-0.3, -0.25) is 28.8 Å². The number of para-hydroxylation sites is 1. The van der Waals surface area contributed by atoms with Crippen molar-refractivity contribution in [1.29, 1.82) is 0 Å². The number of nitrogens with zero attached hydrogens (tertiary/aromatic N) is 1. The number of likely N-dealkylation sites (tertiary alicyclic amines) is 1. The molecule has 0 saturated carbocycles. The lowest BCUT2D eigenvalue weighted by molar-refractivity contribution is -0.147. The molecule has 0 aliphatic carbocycles. The Kier molecular flexibility index (Phi) is 15.5. The minimum Gasteiger partial charge on any atom is -0.481 e. The maximum absolute atomic E-state index is 14.1. The van der Waals surface area contributed by atoms with E-state index in [0.717, 1.165) is 21.4 Å². The van der Waals surface area contributed by atoms with Crippen LogP contribution in [0.2, 0.25) is 0 Å². The lowest BCUT2D eigenvalue weighted by atomic mass is 9.96. The molecule has 1 fully saturated rings. The van der Waals surface area contributed by atoms with Crippen LogP contribution in [0.4, 0.5) is 0 Å². The summed E-state index contributed by atoms with van der Waals surface area (Å²) < 4.78 is 0. The van der Waals surface area contributed by atoms with E-state index in [9.17, 15) is 43.8 Å². The molecule has 4 aromatic rings. The van der Waals surface area contributed by atoms with Gasteiger partial charge in [-0.05, 0) is 47.9 Å². The smallest absolute Gasteiger partial charge is 0.326 e. The van der Waals surface area contributed by atoms with E-state index < -0.39 is 90.1 Å². The summed E-state index contributed by atoms with van der Waals surface area (Å²) in [5.74, 6) is -6.78. The minimum atomic E-state index is -1.65. The topological polar surface area (TPSA) is 253 Å². The van der Waals surface area contributed by atoms with Crippen molar-refractivity contribution >= 4 is 52.4 Å². The van der Waals surface area contributed by atoms with Gasteiger partial charge in [-0.15, -0.1) is 0 Å². The molecule has 7 atom stereocenters. The number of aromatic amines is 1. The minimum absolute atomic E-state index is 0.00577. The number of hydrogen-bond donors (Lipinski definition) is 8. The maximum Gasteiger partial charge on any atom is 0.326 e. The van der Waals surface area contributed by atoms with Crippen LogP contribution in [0, 0.1) is 5.92 Å². The van der Waals surface area contributed by atoms with Crippen molar-refractivity contribution in [2.45, 2.75) is 95.0 Å². The summed E-state index contributed by atoms with van der Waals surface area (Å²) in [7, 11) is 0. The Morgan fingerprint density at radius 3 is 1.97 bits per heavy atom. The number of carboxylic acid groups (broad SMARTS) is 2. The molecule has 5 rings (SSSR count). The lowest BCUT2D eigenvalue weighted by Crippen LogP contribution is -2.60. The molecule has 2 heterocycles. The Morgan fingerprint density at radius 1 is 0.750 bits per heavy atom. The Hall–Kier alpha value is -6.55. The molecule has 0 bridgehead atoms. The predicted octanol–water partition coefficient (Wildman–Crippen LogP) is 2.06. The van der Waals surface area contributed by atoms with E-state index in [1.807, 2.05) is 31.2 Å². The number of amides is 5. The number of rotatable bonds is 20. The van der Waals surface area contributed by atoms with Gasteiger partial charge in [0.15, 0.2) is 0 Å². The second-order valence-electron chi connectivity index (χ2n) is 15.2. The van der Waals surface area contributed by atoms with Crippen LogP contribution >= 0.6 is 0 Å². The standard InChI is InChI=1S/C44H53N7O9/c1-3-26(2)38(50-39(54)31(45)23-29-25-46-32-18-11-10-17-30(29)32)42(57)47-33(21-27-13-6-4-7-14-27)40(55)48-34(24-37(52)53)43(58)51-20-12-19-36(51)41(56)49-35(44(59)60)22-28-15-8-5-9-16-28/h4-11,13-18,25-26,31,33-36,38,46H,3,12,19-24,45H2,1-2H3,(H,47,57)(H,48,55)(H,49,56)(H,50,54)(H,52,53)(H,59,60)/t26-,31-,33-,34-,35-,36-,38-/m0/s1. The molecular formula is C44H53N7O9. The first-order valence-electron chi connectivity index (χ1n) is 20.1. The third-order valence-corrected chi connectivity index (χ3v) is 10.9. The van der Waals surface area contributed by atoms with Crippen molar-refractivity contribution in [3.05, 3.63) is 108 Å². The van der Waals surface area contributed by atoms with Gasteiger partial charge in [0.05, 0.1) is 12.5 Å². The summed E-state index contributed by atoms with van der Waals surface area (Å²) in [6, 6.07) is 17.5. The van der Waals surface area contributed by atoms with Crippen molar-refractivity contribution in [1.82, 2.24) is 31.2 Å². The zero-order valence-electron chi connectivity index (χ0n) is 33.6. The van der Waals surface area contributed by atoms with Gasteiger partial charge in [-0.2, -0.15) is 0 Å². The van der Waals surface area contributed by atoms with Crippen molar-refractivity contribution < 1.29 is 43.8 Å². The Balaban J connectivity index is 1.31. The summed E-state index contributed by atoms with van der Waals surface area (Å²) >= 11 is 0. The molecule has 0 unspecified atom stereocenters. The largest absolute Gasteiger partial charge is 0.481 e. The zero-order valence-corrected chi connectivity index (χ0v) is 33.6. The predicted molar refractivity (Wildman–Crippen MR) is 222 cm³/mol. The van der Waals surface area contributed by atoms with Crippen LogP contribution in [0.25, 0.3) is 10.9 Å². The van der Waals surface area contributed by atoms with E-state index in [0.29, 0.717) is 24.0 Å². The second-order valence-corrected chi connectivity index (χ2v) is 15.2. The zero-order chi connectivity index (χ0) is 43.3. The Morgan fingerprint density at radius 2 is 1.35 bits per heavy atom. The molecule has 60 heavy (non-hydrogen) atoms. The average Bonchev–Trinajstić information content (AvgIpc) is 3.90. The molecule has 0 spiro atoms. The van der Waals surface area contributed by atoms with Crippen LogP contribution in [0.5, 0.6) is 0 Å². The van der Waals surface area contributed by atoms with Gasteiger partial charge in [0, 0.05) is 36.5 Å². The monoisotopic (exact) mass is 823 g/mol. The first kappa shape index (κ1) is 44.6. The number of carboxylic acids is 2. The molecule has 5 amide bonds. The van der Waals surface area contributed by atoms with Crippen LogP contribution in [-0.4, -0.2) is 104 Å². The quantitative estimate of drug-likeness (QED) is 0.0644. The van der Waals surface area contributed by atoms with Crippen molar-refractivity contribution in [2.24, 2.45) is 11.7 Å². The molecule has 318 valence electrons. The van der Waals surface area contributed by atoms with E-state index in [-0.39, 0.29) is 32.2 Å². The number of H-pyrrole nitrogens is 1. The van der Waals surface area contributed by atoms with Gasteiger partial charge in [-0.1, -0.05) is 99.1 Å². The highest BCUT2D eigenvalue weighted by molar-refractivity contribution is 5.98. The summed E-state index contributed by atoms with van der Waals surface area (Å²) in [6.07, 6.45) is 2.10. The molecule has 1 aliphatic heterocycles. The average molecular weight is 824 g/mol. The molecule has 16 heteroatoms. The highest BCUT2D eigenvalue weighted by Gasteiger charge is 2.40. The van der Waals surface area contributed by atoms with E-state index in [4.69, 9.17) is 5.73 Å². The van der Waals surface area contributed by atoms with Gasteiger partial charge in [0.25, 0.3) is 0 Å². The number of benzene rings is 3. The molecule has 1 saturated heterocycles. The molecule has 1 aliphatic rings. The highest BCUT2D eigenvalue weighted by atomic mass is 16.4. The third-order valence-electron chi connectivity index (χ3n) is 10.9. The number of carbonyl (C=O) groups is 7. The van der Waals surface area contributed by atoms with Crippen LogP contribution in [0.1, 0.15) is 56.2 Å². The number of nitrogens with two attached hydrogens (primary N) is 1. The van der Waals surface area contributed by atoms with Gasteiger partial charge in [0.2, 0.25) is 29.5 Å². The van der Waals surface area contributed by atoms with E-state index in [1.54, 1.807) is 73.8 Å². The van der Waals surface area contributed by atoms with Gasteiger partial charge < -0.3 is 47.1 Å². The summed E-state index contributed by atoms with van der Waals surface area (Å²) in [6.45, 7) is 3.67. The summed E-state index contributed by atoms with van der Waals surface area (Å²) in [5, 5.41) is 31.2. The molecule has 16 nitrogen and oxygen atoms in total. The molecule has 9 N–H and O–H groups in total. The Labute approximate surface area is 347 Å². The number of carbonyl (C=O) groups excluding carboxylic acids is 5. The van der Waals surface area contributed by atoms with Crippen LogP contribution in [-0.2, 0) is 52.8 Å². The van der Waals surface area contributed by atoms with Crippen LogP contribution in [0.15, 0.2) is 91.1 Å². The fraction of sp³-hybridized carbons (Fsp3) is 0.386. The van der Waals surface area contributed by atoms with Gasteiger partial charge in [-0.25, -0.2) is 4.79 Å². The van der Waals surface area contributed by atoms with Crippen LogP contribution < -0.4 is 27.0 Å². The van der Waals surface area contributed by atoms with Crippen LogP contribution in [0.3, 0.4) is 0 Å². The molecular weight excluding hydrogens is 771 g/mol. The lowest BCUT2D eigenvalue weighted by Gasteiger charge is -2.30. The fourth-order valence-electron chi connectivity index (χ4n) is 7.38. The van der Waals surface area contributed by atoms with E-state index in [2.05, 4.69) is 26.3 Å². The number of nitrogens with one attached hydrogen (secondary N) is 5. The van der Waals surface area contributed by atoms with E-state index in [1.165, 1.54) is 0 Å². The second kappa shape index (κ2) is 20.9. The van der Waals surface area contributed by atoms with Gasteiger partial charge >= 0.3 is 11.9 Å². The number of aromatic nitrogens is 1. The first-order valence-corrected chi connectivity index (χ1v) is 20.1. The van der Waals surface area contributed by atoms with Gasteiger partial charge in [0.1, 0.15) is 30.2 Å². The first-order chi connectivity index (χ1) is 28.7. The normalized spacial score (nSPS) is 16.7. The summed E-state index contributed by atoms with van der Waals surface area (Å²) in [4.78, 5) is 97.8. The number of fused-ring (bicyclic) bond motifs is 1. The van der Waals surface area contributed by atoms with Crippen molar-refractivity contribution in [3.63, 3.8) is 0 Å². The number of aliphatic carboxylic acids is 2. The molecule has 1 aromatic heterocycles. The van der Waals surface area contributed by atoms with Crippen molar-refractivity contribution in [3.8, 4) is 0 Å². The molecule has 3 aromatic carbocycles. The highest BCUT2D eigenvalue weighted by Crippen LogP contribution is 2.21. The maximum atomic E-state index is 14.1. The number of hydrogen-bond acceptors (Lipinski definition) is 8. The third kappa shape index (κ3) is 11.8. The van der Waals surface area contributed by atoms with E-state index >= 15 is 0 Å². The SMILES string of the molecule is CC[C@H](C)[C@H](NC(=O)[C@@H](N)Cc1c[nH]c2ccccc12)C(=O)N[C@@H](Cc1ccccc1)C(=O)N[C@@H](CC(=O)O)C(=O)N1CCC[C@H]1C(=O)N[C@@H](Cc1ccccc1)C(=O)O. The summed E-state index contributed by atoms with van der Waals surface area (Å²) in [5.41, 5.74) is 9.39.